The van der Waals surface area contributed by atoms with Gasteiger partial charge in [0.05, 0.1) is 12.2 Å². The predicted molar refractivity (Wildman–Crippen MR) is 95.6 cm³/mol. The first-order valence-electron chi connectivity index (χ1n) is 8.16. The molecule has 2 rings (SSSR count). The lowest BCUT2D eigenvalue weighted by atomic mass is 10.1. The van der Waals surface area contributed by atoms with Gasteiger partial charge in [-0.05, 0) is 61.4 Å². The number of carbonyl (C=O) groups excluding carboxylic acids is 2. The number of carbonyl (C=O) groups is 2. The van der Waals surface area contributed by atoms with Gasteiger partial charge in [-0.15, -0.1) is 0 Å². The van der Waals surface area contributed by atoms with Gasteiger partial charge in [-0.1, -0.05) is 6.07 Å². The van der Waals surface area contributed by atoms with Crippen LogP contribution in [0, 0.1) is 13.8 Å². The molecule has 0 amide bonds. The largest absolute Gasteiger partial charge is 0.482 e. The maximum absolute atomic E-state index is 11.9. The van der Waals surface area contributed by atoms with E-state index in [9.17, 15) is 9.59 Å². The summed E-state index contributed by atoms with van der Waals surface area (Å²) in [6.07, 6.45) is 0. The smallest absolute Gasteiger partial charge is 0.349 e. The Morgan fingerprint density at radius 3 is 2.23 bits per heavy atom. The molecule has 0 heterocycles. The van der Waals surface area contributed by atoms with Crippen LogP contribution in [0.15, 0.2) is 42.5 Å². The van der Waals surface area contributed by atoms with Crippen LogP contribution in [0.4, 0.5) is 0 Å². The summed E-state index contributed by atoms with van der Waals surface area (Å²) < 4.78 is 20.4. The van der Waals surface area contributed by atoms with Gasteiger partial charge in [0.2, 0.25) is 0 Å². The van der Waals surface area contributed by atoms with Gasteiger partial charge in [0.15, 0.2) is 6.61 Å². The predicted octanol–water partition coefficient (Wildman–Crippen LogP) is 3.09. The molecule has 0 atom stereocenters. The van der Waals surface area contributed by atoms with Crippen molar-refractivity contribution in [3.8, 4) is 11.5 Å². The third-order valence-electron chi connectivity index (χ3n) is 3.68. The number of methoxy groups -OCH3 is 1. The second-order valence-corrected chi connectivity index (χ2v) is 5.66. The summed E-state index contributed by atoms with van der Waals surface area (Å²) in [5.74, 6) is -0.0528. The zero-order valence-electron chi connectivity index (χ0n) is 15.1. The third kappa shape index (κ3) is 5.89. The quantitative estimate of drug-likeness (QED) is 0.410. The molecule has 0 saturated carbocycles. The van der Waals surface area contributed by atoms with Crippen LogP contribution in [-0.2, 0) is 14.3 Å². The van der Waals surface area contributed by atoms with E-state index in [1.807, 2.05) is 26.0 Å². The molecule has 0 fully saturated rings. The molecule has 0 aliphatic rings. The topological polar surface area (TPSA) is 71.1 Å². The lowest BCUT2D eigenvalue weighted by Gasteiger charge is -2.09. The highest BCUT2D eigenvalue weighted by molar-refractivity contribution is 5.89. The summed E-state index contributed by atoms with van der Waals surface area (Å²) in [6.45, 7) is 4.29. The fraction of sp³-hybridized carbons (Fsp3) is 0.300. The zero-order valence-corrected chi connectivity index (χ0v) is 15.1. The SMILES string of the molecule is COCCOC(=O)c1ccc(OC(=O)COc2ccc(C)c(C)c2)cc1. The van der Waals surface area contributed by atoms with Crippen LogP contribution in [0.2, 0.25) is 0 Å². The van der Waals surface area contributed by atoms with Crippen molar-refractivity contribution in [2.75, 3.05) is 26.9 Å². The van der Waals surface area contributed by atoms with Gasteiger partial charge in [0, 0.05) is 7.11 Å². The minimum Gasteiger partial charge on any atom is -0.482 e. The van der Waals surface area contributed by atoms with E-state index in [0.29, 0.717) is 23.7 Å². The molecular formula is C20H22O6. The first kappa shape index (κ1) is 19.5. The minimum atomic E-state index is -0.529. The second kappa shape index (κ2) is 9.58. The number of benzene rings is 2. The minimum absolute atomic E-state index is 0.182. The lowest BCUT2D eigenvalue weighted by Crippen LogP contribution is -2.17. The molecular weight excluding hydrogens is 336 g/mol. The van der Waals surface area contributed by atoms with Crippen molar-refractivity contribution in [3.05, 3.63) is 59.2 Å². The molecule has 0 aliphatic carbocycles. The van der Waals surface area contributed by atoms with E-state index in [1.54, 1.807) is 6.07 Å². The van der Waals surface area contributed by atoms with Crippen LogP contribution in [-0.4, -0.2) is 38.9 Å². The first-order chi connectivity index (χ1) is 12.5. The molecule has 0 bridgehead atoms. The second-order valence-electron chi connectivity index (χ2n) is 5.66. The van der Waals surface area contributed by atoms with Gasteiger partial charge >= 0.3 is 11.9 Å². The van der Waals surface area contributed by atoms with Gasteiger partial charge in [0.25, 0.3) is 0 Å². The van der Waals surface area contributed by atoms with Gasteiger partial charge in [-0.25, -0.2) is 9.59 Å². The van der Waals surface area contributed by atoms with Crippen molar-refractivity contribution in [1.29, 1.82) is 0 Å². The molecule has 0 aliphatic heterocycles. The number of ether oxygens (including phenoxy) is 4. The fourth-order valence-electron chi connectivity index (χ4n) is 2.07. The standard InChI is InChI=1S/C20H22O6/c1-14-4-7-18(12-15(14)2)25-13-19(21)26-17-8-5-16(6-9-17)20(22)24-11-10-23-3/h4-9,12H,10-11,13H2,1-3H3. The molecule has 138 valence electrons. The van der Waals surface area contributed by atoms with Crippen molar-refractivity contribution >= 4 is 11.9 Å². The summed E-state index contributed by atoms with van der Waals surface area (Å²) in [4.78, 5) is 23.6. The maximum Gasteiger partial charge on any atom is 0.349 e. The highest BCUT2D eigenvalue weighted by atomic mass is 16.6. The van der Waals surface area contributed by atoms with Crippen LogP contribution >= 0.6 is 0 Å². The molecule has 0 saturated heterocycles. The molecule has 2 aromatic carbocycles. The monoisotopic (exact) mass is 358 g/mol. The molecule has 26 heavy (non-hydrogen) atoms. The van der Waals surface area contributed by atoms with E-state index in [2.05, 4.69) is 0 Å². The normalized spacial score (nSPS) is 10.3. The maximum atomic E-state index is 11.9. The van der Waals surface area contributed by atoms with E-state index in [0.717, 1.165) is 11.1 Å². The van der Waals surface area contributed by atoms with E-state index in [4.69, 9.17) is 18.9 Å². The highest BCUT2D eigenvalue weighted by Gasteiger charge is 2.10. The summed E-state index contributed by atoms with van der Waals surface area (Å²) in [7, 11) is 1.53. The molecule has 0 N–H and O–H groups in total. The zero-order chi connectivity index (χ0) is 18.9. The summed E-state index contributed by atoms with van der Waals surface area (Å²) >= 11 is 0. The number of hydrogen-bond acceptors (Lipinski definition) is 6. The highest BCUT2D eigenvalue weighted by Crippen LogP contribution is 2.17. The Hall–Kier alpha value is -2.86. The molecule has 6 heteroatoms. The molecule has 0 aromatic heterocycles. The Labute approximate surface area is 152 Å². The van der Waals surface area contributed by atoms with E-state index in [-0.39, 0.29) is 13.2 Å². The molecule has 0 unspecified atom stereocenters. The van der Waals surface area contributed by atoms with Crippen LogP contribution < -0.4 is 9.47 Å². The van der Waals surface area contributed by atoms with Crippen molar-refractivity contribution in [3.63, 3.8) is 0 Å². The number of aryl methyl sites for hydroxylation is 2. The van der Waals surface area contributed by atoms with E-state index in [1.165, 1.54) is 31.4 Å². The Morgan fingerprint density at radius 2 is 1.58 bits per heavy atom. The van der Waals surface area contributed by atoms with Crippen molar-refractivity contribution in [2.24, 2.45) is 0 Å². The Bertz CT molecular complexity index is 751. The number of rotatable bonds is 8. The van der Waals surface area contributed by atoms with E-state index >= 15 is 0 Å². The van der Waals surface area contributed by atoms with Gasteiger partial charge < -0.3 is 18.9 Å². The molecule has 6 nitrogen and oxygen atoms in total. The van der Waals surface area contributed by atoms with E-state index < -0.39 is 11.9 Å². The van der Waals surface area contributed by atoms with Gasteiger partial charge in [0.1, 0.15) is 18.1 Å². The Morgan fingerprint density at radius 1 is 0.885 bits per heavy atom. The number of hydrogen-bond donors (Lipinski definition) is 0. The van der Waals surface area contributed by atoms with Crippen LogP contribution in [0.5, 0.6) is 11.5 Å². The Kier molecular flexibility index (Phi) is 7.17. The first-order valence-corrected chi connectivity index (χ1v) is 8.16. The fourth-order valence-corrected chi connectivity index (χ4v) is 2.07. The lowest BCUT2D eigenvalue weighted by molar-refractivity contribution is -0.136. The van der Waals surface area contributed by atoms with Crippen molar-refractivity contribution in [2.45, 2.75) is 13.8 Å². The number of esters is 2. The summed E-state index contributed by atoms with van der Waals surface area (Å²) in [5.41, 5.74) is 2.61. The summed E-state index contributed by atoms with van der Waals surface area (Å²) in [5, 5.41) is 0. The average Bonchev–Trinajstić information content (AvgIpc) is 2.63. The summed E-state index contributed by atoms with van der Waals surface area (Å²) in [6, 6.07) is 11.7. The van der Waals surface area contributed by atoms with Crippen molar-refractivity contribution in [1.82, 2.24) is 0 Å². The van der Waals surface area contributed by atoms with Crippen molar-refractivity contribution < 1.29 is 28.5 Å². The third-order valence-corrected chi connectivity index (χ3v) is 3.68. The van der Waals surface area contributed by atoms with Gasteiger partial charge in [-0.3, -0.25) is 0 Å². The van der Waals surface area contributed by atoms with Gasteiger partial charge in [-0.2, -0.15) is 0 Å². The molecule has 0 spiro atoms. The average molecular weight is 358 g/mol. The van der Waals surface area contributed by atoms with Crippen LogP contribution in [0.25, 0.3) is 0 Å². The molecule has 2 aromatic rings. The molecule has 0 radical (unpaired) electrons. The Balaban J connectivity index is 1.83. The van der Waals surface area contributed by atoms with Crippen LogP contribution in [0.3, 0.4) is 0 Å². The van der Waals surface area contributed by atoms with Crippen LogP contribution in [0.1, 0.15) is 21.5 Å².